The first-order valence-electron chi connectivity index (χ1n) is 11.0. The van der Waals surface area contributed by atoms with E-state index in [0.29, 0.717) is 11.2 Å². The number of anilines is 1. The molecule has 1 amide bonds. The molecule has 0 radical (unpaired) electrons. The third-order valence-corrected chi connectivity index (χ3v) is 7.35. The number of benzene rings is 1. The Morgan fingerprint density at radius 3 is 2.73 bits per heavy atom. The van der Waals surface area contributed by atoms with E-state index in [1.807, 2.05) is 24.4 Å². The molecule has 168 valence electrons. The molecule has 4 aromatic rings. The monoisotopic (exact) mass is 476 g/mol. The van der Waals surface area contributed by atoms with Gasteiger partial charge in [0.2, 0.25) is 5.91 Å². The topological polar surface area (TPSA) is 85.6 Å². The second-order valence-electron chi connectivity index (χ2n) is 7.99. The van der Waals surface area contributed by atoms with E-state index in [1.54, 1.807) is 12.4 Å². The first kappa shape index (κ1) is 21.8. The van der Waals surface area contributed by atoms with Crippen molar-refractivity contribution in [1.29, 1.82) is 0 Å². The van der Waals surface area contributed by atoms with Gasteiger partial charge in [-0.25, -0.2) is 4.98 Å². The van der Waals surface area contributed by atoms with Crippen molar-refractivity contribution in [3.63, 3.8) is 0 Å². The summed E-state index contributed by atoms with van der Waals surface area (Å²) in [4.78, 5) is 21.7. The molecule has 7 nitrogen and oxygen atoms in total. The maximum atomic E-state index is 12.9. The Labute approximate surface area is 200 Å². The van der Waals surface area contributed by atoms with Crippen molar-refractivity contribution in [3.05, 3.63) is 59.7 Å². The van der Waals surface area contributed by atoms with Crippen LogP contribution in [0.15, 0.2) is 59.3 Å². The number of carbonyl (C=O) groups excluding carboxylic acids is 1. The lowest BCUT2D eigenvalue weighted by Crippen LogP contribution is -2.22. The van der Waals surface area contributed by atoms with E-state index in [0.717, 1.165) is 47.1 Å². The summed E-state index contributed by atoms with van der Waals surface area (Å²) in [5, 5.41) is 14.7. The Morgan fingerprint density at radius 2 is 2.03 bits per heavy atom. The largest absolute Gasteiger partial charge is 0.301 e. The lowest BCUT2D eigenvalue weighted by Gasteiger charge is -2.12. The maximum Gasteiger partial charge on any atom is 0.239 e. The molecule has 9 heteroatoms. The van der Waals surface area contributed by atoms with Crippen molar-refractivity contribution in [1.82, 2.24) is 24.7 Å². The SMILES string of the molecule is CCc1ccc(-c2csc(NC(=O)C(C)Sc3nnc(-c4cccnc4)n3C3CC3)n2)cc1. The number of thioether (sulfide) groups is 1. The fraction of sp³-hybridized carbons (Fsp3) is 0.292. The molecule has 3 heterocycles. The van der Waals surface area contributed by atoms with E-state index in [4.69, 9.17) is 0 Å². The van der Waals surface area contributed by atoms with E-state index in [2.05, 4.69) is 61.2 Å². The molecule has 3 aromatic heterocycles. The van der Waals surface area contributed by atoms with E-state index >= 15 is 0 Å². The van der Waals surface area contributed by atoms with Gasteiger partial charge in [-0.15, -0.1) is 21.5 Å². The molecule has 1 N–H and O–H groups in total. The quantitative estimate of drug-likeness (QED) is 0.339. The highest BCUT2D eigenvalue weighted by Gasteiger charge is 2.31. The van der Waals surface area contributed by atoms with Crippen molar-refractivity contribution < 1.29 is 4.79 Å². The van der Waals surface area contributed by atoms with Gasteiger partial charge in [-0.1, -0.05) is 43.0 Å². The molecule has 1 aliphatic rings. The summed E-state index contributed by atoms with van der Waals surface area (Å²) < 4.78 is 2.15. The smallest absolute Gasteiger partial charge is 0.239 e. The summed E-state index contributed by atoms with van der Waals surface area (Å²) >= 11 is 2.86. The van der Waals surface area contributed by atoms with Crippen LogP contribution in [0, 0.1) is 0 Å². The van der Waals surface area contributed by atoms with Crippen molar-refractivity contribution in [2.45, 2.75) is 49.6 Å². The Hall–Kier alpha value is -3.04. The summed E-state index contributed by atoms with van der Waals surface area (Å²) in [6, 6.07) is 12.6. The molecule has 1 fully saturated rings. The Morgan fingerprint density at radius 1 is 1.21 bits per heavy atom. The van der Waals surface area contributed by atoms with Crippen molar-refractivity contribution in [3.8, 4) is 22.6 Å². The fourth-order valence-corrected chi connectivity index (χ4v) is 5.15. The molecular formula is C24H24N6OS2. The highest BCUT2D eigenvalue weighted by molar-refractivity contribution is 8.00. The van der Waals surface area contributed by atoms with Crippen LogP contribution in [0.3, 0.4) is 0 Å². The minimum atomic E-state index is -0.343. The molecule has 0 bridgehead atoms. The van der Waals surface area contributed by atoms with Gasteiger partial charge in [0.05, 0.1) is 10.9 Å². The third-order valence-electron chi connectivity index (χ3n) is 5.54. The van der Waals surface area contributed by atoms with Gasteiger partial charge < -0.3 is 5.32 Å². The number of hydrogen-bond acceptors (Lipinski definition) is 7. The number of aromatic nitrogens is 5. The highest BCUT2D eigenvalue weighted by Crippen LogP contribution is 2.41. The first-order valence-corrected chi connectivity index (χ1v) is 12.8. The highest BCUT2D eigenvalue weighted by atomic mass is 32.2. The van der Waals surface area contributed by atoms with Crippen molar-refractivity contribution in [2.24, 2.45) is 0 Å². The number of rotatable bonds is 8. The number of hydrogen-bond donors (Lipinski definition) is 1. The maximum absolute atomic E-state index is 12.9. The molecule has 0 spiro atoms. The minimum Gasteiger partial charge on any atom is -0.301 e. The van der Waals surface area contributed by atoms with Crippen LogP contribution in [0.1, 0.15) is 38.3 Å². The second kappa shape index (κ2) is 9.44. The second-order valence-corrected chi connectivity index (χ2v) is 10.2. The number of nitrogens with one attached hydrogen (secondary N) is 1. The zero-order chi connectivity index (χ0) is 22.8. The fourth-order valence-electron chi connectivity index (χ4n) is 3.50. The predicted octanol–water partition coefficient (Wildman–Crippen LogP) is 5.48. The molecule has 5 rings (SSSR count). The molecular weight excluding hydrogens is 452 g/mol. The Kier molecular flexibility index (Phi) is 6.24. The molecule has 1 aliphatic carbocycles. The number of thiazole rings is 1. The summed E-state index contributed by atoms with van der Waals surface area (Å²) in [5.41, 5.74) is 4.14. The van der Waals surface area contributed by atoms with Gasteiger partial charge in [0.25, 0.3) is 0 Å². The minimum absolute atomic E-state index is 0.101. The van der Waals surface area contributed by atoms with Gasteiger partial charge in [-0.05, 0) is 43.9 Å². The molecule has 1 saturated carbocycles. The third kappa shape index (κ3) is 4.84. The summed E-state index contributed by atoms with van der Waals surface area (Å²) in [7, 11) is 0. The van der Waals surface area contributed by atoms with Crippen LogP contribution in [0.25, 0.3) is 22.6 Å². The average molecular weight is 477 g/mol. The lowest BCUT2D eigenvalue weighted by atomic mass is 10.1. The Balaban J connectivity index is 1.27. The zero-order valence-corrected chi connectivity index (χ0v) is 20.1. The molecule has 33 heavy (non-hydrogen) atoms. The van der Waals surface area contributed by atoms with E-state index in [-0.39, 0.29) is 11.2 Å². The molecule has 1 atom stereocenters. The van der Waals surface area contributed by atoms with Gasteiger partial charge in [0.15, 0.2) is 16.1 Å². The van der Waals surface area contributed by atoms with Crippen LogP contribution >= 0.6 is 23.1 Å². The van der Waals surface area contributed by atoms with E-state index in [9.17, 15) is 4.79 Å². The summed E-state index contributed by atoms with van der Waals surface area (Å²) in [6.07, 6.45) is 6.74. The van der Waals surface area contributed by atoms with Crippen LogP contribution in [-0.4, -0.2) is 35.9 Å². The normalized spacial score (nSPS) is 14.2. The van der Waals surface area contributed by atoms with Crippen molar-refractivity contribution >= 4 is 34.1 Å². The van der Waals surface area contributed by atoms with E-state index < -0.39 is 0 Å². The number of carbonyl (C=O) groups is 1. The first-order chi connectivity index (χ1) is 16.1. The van der Waals surface area contributed by atoms with Crippen LogP contribution in [0.4, 0.5) is 5.13 Å². The van der Waals surface area contributed by atoms with E-state index in [1.165, 1.54) is 28.7 Å². The van der Waals surface area contributed by atoms with Crippen molar-refractivity contribution in [2.75, 3.05) is 5.32 Å². The molecule has 1 unspecified atom stereocenters. The van der Waals surface area contributed by atoms with Gasteiger partial charge in [0.1, 0.15) is 0 Å². The molecule has 1 aromatic carbocycles. The standard InChI is InChI=1S/C24H24N6OS2/c1-3-16-6-8-17(9-7-16)20-14-32-23(26-20)27-22(31)15(2)33-24-29-28-21(30(24)19-10-11-19)18-5-4-12-25-13-18/h4-9,12-15,19H,3,10-11H2,1-2H3,(H,26,27,31). The molecule has 0 saturated heterocycles. The number of amides is 1. The Bertz CT molecular complexity index is 1250. The van der Waals surface area contributed by atoms with Crippen LogP contribution in [0.2, 0.25) is 0 Å². The summed E-state index contributed by atoms with van der Waals surface area (Å²) in [5.74, 6) is 0.704. The van der Waals surface area contributed by atoms with Crippen LogP contribution < -0.4 is 5.32 Å². The molecule has 0 aliphatic heterocycles. The number of aryl methyl sites for hydroxylation is 1. The van der Waals surface area contributed by atoms with Gasteiger partial charge in [0, 0.05) is 34.9 Å². The number of pyridine rings is 1. The van der Waals surface area contributed by atoms with Crippen LogP contribution in [-0.2, 0) is 11.2 Å². The lowest BCUT2D eigenvalue weighted by molar-refractivity contribution is -0.115. The van der Waals surface area contributed by atoms with Gasteiger partial charge in [-0.3, -0.25) is 14.3 Å². The van der Waals surface area contributed by atoms with Gasteiger partial charge >= 0.3 is 0 Å². The summed E-state index contributed by atoms with van der Waals surface area (Å²) in [6.45, 7) is 4.02. The van der Waals surface area contributed by atoms with Crippen LogP contribution in [0.5, 0.6) is 0 Å². The predicted molar refractivity (Wildman–Crippen MR) is 132 cm³/mol. The number of nitrogens with zero attached hydrogens (tertiary/aromatic N) is 5. The zero-order valence-electron chi connectivity index (χ0n) is 18.4. The average Bonchev–Trinajstić information content (AvgIpc) is 3.44. The van der Waals surface area contributed by atoms with Gasteiger partial charge in [-0.2, -0.15) is 0 Å².